The van der Waals surface area contributed by atoms with E-state index in [0.29, 0.717) is 16.6 Å². The average molecular weight is 294 g/mol. The molecule has 1 heterocycles. The van der Waals surface area contributed by atoms with E-state index in [1.807, 2.05) is 6.92 Å². The van der Waals surface area contributed by atoms with Crippen molar-refractivity contribution in [3.63, 3.8) is 0 Å². The molecule has 2 rings (SSSR count). The highest BCUT2D eigenvalue weighted by Gasteiger charge is 2.18. The van der Waals surface area contributed by atoms with E-state index in [0.717, 1.165) is 0 Å². The number of hydrogen-bond acceptors (Lipinski definition) is 3. The number of carbonyl (C=O) groups is 1. The first-order valence-electron chi connectivity index (χ1n) is 6.28. The summed E-state index contributed by atoms with van der Waals surface area (Å²) in [6.45, 7) is 3.55. The number of benzene rings is 1. The molecule has 2 unspecified atom stereocenters. The van der Waals surface area contributed by atoms with Crippen LogP contribution in [0, 0.1) is 0 Å². The summed E-state index contributed by atoms with van der Waals surface area (Å²) in [5.41, 5.74) is 0. The lowest BCUT2D eigenvalue weighted by molar-refractivity contribution is -0.128. The molecule has 0 bridgehead atoms. The van der Waals surface area contributed by atoms with Gasteiger partial charge in [0.2, 0.25) is 0 Å². The standard InChI is InChI=1S/C14H16ClN3O2/c1-9(13-16-7-8-17-13)18-14(19)10(2)20-12-5-3-11(15)4-6-12/h3-10H,1-2H3,(H,16,17)(H,18,19). The van der Waals surface area contributed by atoms with Crippen molar-refractivity contribution in [3.05, 3.63) is 47.5 Å². The molecule has 1 aromatic carbocycles. The van der Waals surface area contributed by atoms with Crippen molar-refractivity contribution in [1.29, 1.82) is 0 Å². The molecule has 0 aliphatic rings. The van der Waals surface area contributed by atoms with Gasteiger partial charge in [0.25, 0.3) is 5.91 Å². The number of ether oxygens (including phenoxy) is 1. The van der Waals surface area contributed by atoms with Crippen LogP contribution in [0.5, 0.6) is 5.75 Å². The molecule has 0 aliphatic heterocycles. The SMILES string of the molecule is CC(Oc1ccc(Cl)cc1)C(=O)NC(C)c1ncc[nH]1. The van der Waals surface area contributed by atoms with Gasteiger partial charge in [-0.25, -0.2) is 4.98 Å². The third-order valence-electron chi connectivity index (χ3n) is 2.78. The summed E-state index contributed by atoms with van der Waals surface area (Å²) < 4.78 is 5.55. The number of carbonyl (C=O) groups excluding carboxylic acids is 1. The Bertz CT molecular complexity index is 554. The van der Waals surface area contributed by atoms with Gasteiger partial charge in [0.1, 0.15) is 11.6 Å². The summed E-state index contributed by atoms with van der Waals surface area (Å²) >= 11 is 5.79. The molecule has 1 aromatic heterocycles. The highest BCUT2D eigenvalue weighted by Crippen LogP contribution is 2.17. The van der Waals surface area contributed by atoms with Crippen molar-refractivity contribution in [2.45, 2.75) is 26.0 Å². The second-order valence-corrected chi connectivity index (χ2v) is 4.86. The molecule has 2 aromatic rings. The van der Waals surface area contributed by atoms with E-state index in [9.17, 15) is 4.79 Å². The van der Waals surface area contributed by atoms with Crippen molar-refractivity contribution < 1.29 is 9.53 Å². The van der Waals surface area contributed by atoms with E-state index in [1.54, 1.807) is 43.6 Å². The van der Waals surface area contributed by atoms with Crippen LogP contribution in [0.15, 0.2) is 36.7 Å². The fraction of sp³-hybridized carbons (Fsp3) is 0.286. The first-order chi connectivity index (χ1) is 9.56. The minimum Gasteiger partial charge on any atom is -0.481 e. The maximum Gasteiger partial charge on any atom is 0.261 e. The summed E-state index contributed by atoms with van der Waals surface area (Å²) in [6, 6.07) is 6.68. The van der Waals surface area contributed by atoms with Gasteiger partial charge in [-0.3, -0.25) is 4.79 Å². The number of halogens is 1. The molecule has 1 amide bonds. The van der Waals surface area contributed by atoms with Crippen LogP contribution in [0.2, 0.25) is 5.02 Å². The number of nitrogens with zero attached hydrogens (tertiary/aromatic N) is 1. The van der Waals surface area contributed by atoms with E-state index >= 15 is 0 Å². The lowest BCUT2D eigenvalue weighted by atomic mass is 10.2. The summed E-state index contributed by atoms with van der Waals surface area (Å²) in [7, 11) is 0. The third-order valence-corrected chi connectivity index (χ3v) is 3.04. The summed E-state index contributed by atoms with van der Waals surface area (Å²) in [4.78, 5) is 19.1. The normalized spacial score (nSPS) is 13.6. The topological polar surface area (TPSA) is 67.0 Å². The maximum atomic E-state index is 12.0. The molecule has 0 radical (unpaired) electrons. The molecule has 0 spiro atoms. The predicted molar refractivity (Wildman–Crippen MR) is 76.7 cm³/mol. The predicted octanol–water partition coefficient (Wildman–Crippen LogP) is 2.71. The molecule has 2 atom stereocenters. The van der Waals surface area contributed by atoms with Gasteiger partial charge in [-0.15, -0.1) is 0 Å². The Hall–Kier alpha value is -2.01. The van der Waals surface area contributed by atoms with Gasteiger partial charge in [-0.05, 0) is 38.1 Å². The van der Waals surface area contributed by atoms with Crippen molar-refractivity contribution in [2.75, 3.05) is 0 Å². The fourth-order valence-corrected chi connectivity index (χ4v) is 1.81. The van der Waals surface area contributed by atoms with Crippen molar-refractivity contribution in [3.8, 4) is 5.75 Å². The zero-order chi connectivity index (χ0) is 14.5. The number of H-pyrrole nitrogens is 1. The molecule has 2 N–H and O–H groups in total. The summed E-state index contributed by atoms with van der Waals surface area (Å²) in [5, 5.41) is 3.46. The number of rotatable bonds is 5. The first-order valence-corrected chi connectivity index (χ1v) is 6.66. The molecule has 106 valence electrons. The second kappa shape index (κ2) is 6.43. The van der Waals surface area contributed by atoms with E-state index in [1.165, 1.54) is 0 Å². The molecule has 6 heteroatoms. The van der Waals surface area contributed by atoms with Crippen LogP contribution in [0.3, 0.4) is 0 Å². The number of aromatic nitrogens is 2. The van der Waals surface area contributed by atoms with E-state index in [2.05, 4.69) is 15.3 Å². The summed E-state index contributed by atoms with van der Waals surface area (Å²) in [5.74, 6) is 1.10. The molecule has 0 fully saturated rings. The van der Waals surface area contributed by atoms with Crippen LogP contribution in [0.1, 0.15) is 25.7 Å². The molecule has 0 saturated heterocycles. The molecule has 5 nitrogen and oxygen atoms in total. The number of aromatic amines is 1. The Balaban J connectivity index is 1.90. The highest BCUT2D eigenvalue weighted by molar-refractivity contribution is 6.30. The van der Waals surface area contributed by atoms with Crippen LogP contribution in [-0.2, 0) is 4.79 Å². The Kier molecular flexibility index (Phi) is 4.63. The minimum atomic E-state index is -0.603. The van der Waals surface area contributed by atoms with E-state index < -0.39 is 6.10 Å². The van der Waals surface area contributed by atoms with Crippen molar-refractivity contribution in [2.24, 2.45) is 0 Å². The summed E-state index contributed by atoms with van der Waals surface area (Å²) in [6.07, 6.45) is 2.76. The average Bonchev–Trinajstić information content (AvgIpc) is 2.95. The van der Waals surface area contributed by atoms with Crippen LogP contribution in [0.25, 0.3) is 0 Å². The zero-order valence-corrected chi connectivity index (χ0v) is 12.0. The van der Waals surface area contributed by atoms with Gasteiger partial charge in [-0.1, -0.05) is 11.6 Å². The van der Waals surface area contributed by atoms with E-state index in [4.69, 9.17) is 16.3 Å². The van der Waals surface area contributed by atoms with E-state index in [-0.39, 0.29) is 11.9 Å². The van der Waals surface area contributed by atoms with Crippen LogP contribution in [-0.4, -0.2) is 22.0 Å². The quantitative estimate of drug-likeness (QED) is 0.891. The molecule has 20 heavy (non-hydrogen) atoms. The molecule has 0 aliphatic carbocycles. The number of amides is 1. The van der Waals surface area contributed by atoms with Crippen LogP contribution >= 0.6 is 11.6 Å². The van der Waals surface area contributed by atoms with Crippen LogP contribution < -0.4 is 10.1 Å². The highest BCUT2D eigenvalue weighted by atomic mass is 35.5. The van der Waals surface area contributed by atoms with Crippen LogP contribution in [0.4, 0.5) is 0 Å². The van der Waals surface area contributed by atoms with Gasteiger partial charge < -0.3 is 15.0 Å². The van der Waals surface area contributed by atoms with Crippen molar-refractivity contribution >= 4 is 17.5 Å². The Labute approximate surface area is 122 Å². The lowest BCUT2D eigenvalue weighted by Gasteiger charge is -2.17. The Morgan fingerprint density at radius 2 is 2.05 bits per heavy atom. The van der Waals surface area contributed by atoms with Gasteiger partial charge in [0.15, 0.2) is 6.10 Å². The molecular formula is C14H16ClN3O2. The Morgan fingerprint density at radius 3 is 2.65 bits per heavy atom. The Morgan fingerprint density at radius 1 is 1.35 bits per heavy atom. The maximum absolute atomic E-state index is 12.0. The third kappa shape index (κ3) is 3.74. The minimum absolute atomic E-state index is 0.200. The largest absolute Gasteiger partial charge is 0.481 e. The monoisotopic (exact) mass is 293 g/mol. The molecular weight excluding hydrogens is 278 g/mol. The smallest absolute Gasteiger partial charge is 0.261 e. The fourth-order valence-electron chi connectivity index (χ4n) is 1.68. The number of imidazole rings is 1. The number of hydrogen-bond donors (Lipinski definition) is 2. The van der Waals surface area contributed by atoms with Crippen molar-refractivity contribution in [1.82, 2.24) is 15.3 Å². The second-order valence-electron chi connectivity index (χ2n) is 4.42. The molecule has 0 saturated carbocycles. The van der Waals surface area contributed by atoms with Gasteiger partial charge in [0, 0.05) is 17.4 Å². The number of nitrogens with one attached hydrogen (secondary N) is 2. The first kappa shape index (κ1) is 14.4. The van der Waals surface area contributed by atoms with Gasteiger partial charge in [-0.2, -0.15) is 0 Å². The lowest BCUT2D eigenvalue weighted by Crippen LogP contribution is -2.38. The zero-order valence-electron chi connectivity index (χ0n) is 11.3. The van der Waals surface area contributed by atoms with Gasteiger partial charge >= 0.3 is 0 Å². The van der Waals surface area contributed by atoms with Gasteiger partial charge in [0.05, 0.1) is 6.04 Å².